The fourth-order valence-corrected chi connectivity index (χ4v) is 4.97. The predicted octanol–water partition coefficient (Wildman–Crippen LogP) is 3.89. The van der Waals surface area contributed by atoms with Crippen molar-refractivity contribution in [2.75, 3.05) is 39.8 Å². The Morgan fingerprint density at radius 3 is 2.23 bits per heavy atom. The lowest BCUT2D eigenvalue weighted by molar-refractivity contribution is -0.138. The van der Waals surface area contributed by atoms with Crippen LogP contribution in [0.25, 0.3) is 0 Å². The minimum Gasteiger partial charge on any atom is -0.343 e. The van der Waals surface area contributed by atoms with Gasteiger partial charge in [-0.15, -0.1) is 0 Å². The van der Waals surface area contributed by atoms with Gasteiger partial charge in [-0.05, 0) is 63.5 Å². The molecule has 0 aliphatic carbocycles. The summed E-state index contributed by atoms with van der Waals surface area (Å²) in [5.74, 6) is 0.975. The summed E-state index contributed by atoms with van der Waals surface area (Å²) in [6, 6.07) is 9.16. The smallest absolute Gasteiger partial charge is 0.223 e. The Bertz CT molecular complexity index is 702. The van der Waals surface area contributed by atoms with E-state index in [1.54, 1.807) is 0 Å². The van der Waals surface area contributed by atoms with Gasteiger partial charge >= 0.3 is 0 Å². The van der Waals surface area contributed by atoms with E-state index < -0.39 is 0 Å². The highest BCUT2D eigenvalue weighted by molar-refractivity contribution is 5.84. The summed E-state index contributed by atoms with van der Waals surface area (Å²) >= 11 is 0. The van der Waals surface area contributed by atoms with Gasteiger partial charge in [0.1, 0.15) is 0 Å². The fraction of sp³-hybridized carbons (Fsp3) is 0.692. The van der Waals surface area contributed by atoms with Gasteiger partial charge in [0, 0.05) is 52.1 Å². The lowest BCUT2D eigenvalue weighted by atomic mass is 9.90. The number of nitrogens with zero attached hydrogens (tertiary/aromatic N) is 3. The van der Waals surface area contributed by atoms with Crippen LogP contribution >= 0.6 is 0 Å². The predicted molar refractivity (Wildman–Crippen MR) is 126 cm³/mol. The Balaban J connectivity index is 1.33. The second-order valence-electron chi connectivity index (χ2n) is 9.52. The molecule has 0 radical (unpaired) electrons. The summed E-state index contributed by atoms with van der Waals surface area (Å²) in [5, 5.41) is 0. The Hall–Kier alpha value is -1.88. The van der Waals surface area contributed by atoms with Crippen LogP contribution in [0.5, 0.6) is 0 Å². The molecule has 3 rings (SSSR count). The molecule has 2 heterocycles. The van der Waals surface area contributed by atoms with Gasteiger partial charge in [0.2, 0.25) is 11.8 Å². The van der Waals surface area contributed by atoms with Gasteiger partial charge in [-0.2, -0.15) is 0 Å². The van der Waals surface area contributed by atoms with E-state index >= 15 is 0 Å². The summed E-state index contributed by atoms with van der Waals surface area (Å²) in [6.07, 6.45) is 7.27. The minimum atomic E-state index is 0.122. The fourth-order valence-electron chi connectivity index (χ4n) is 4.97. The van der Waals surface area contributed by atoms with E-state index in [1.807, 2.05) is 16.8 Å². The SMILES string of the molecule is CCN1CCC(N(C)C(=O)CCC(=O)N2CCC(CCc3ccc(C)cc3)CC2)CC1. The molecule has 2 saturated heterocycles. The zero-order valence-corrected chi connectivity index (χ0v) is 19.8. The van der Waals surface area contributed by atoms with Crippen LogP contribution in [0.1, 0.15) is 63.0 Å². The van der Waals surface area contributed by atoms with Crippen molar-refractivity contribution in [3.8, 4) is 0 Å². The summed E-state index contributed by atoms with van der Waals surface area (Å²) < 4.78 is 0. The monoisotopic (exact) mass is 427 g/mol. The van der Waals surface area contributed by atoms with E-state index in [0.29, 0.717) is 24.8 Å². The van der Waals surface area contributed by atoms with Gasteiger partial charge in [-0.25, -0.2) is 0 Å². The highest BCUT2D eigenvalue weighted by Gasteiger charge is 2.26. The quantitative estimate of drug-likeness (QED) is 0.632. The summed E-state index contributed by atoms with van der Waals surface area (Å²) in [4.78, 5) is 31.6. The Morgan fingerprint density at radius 1 is 0.968 bits per heavy atom. The molecule has 0 atom stereocenters. The van der Waals surface area contributed by atoms with Crippen molar-refractivity contribution in [3.05, 3.63) is 35.4 Å². The number of amides is 2. The maximum atomic E-state index is 12.6. The van der Waals surface area contributed by atoms with Crippen molar-refractivity contribution in [2.24, 2.45) is 5.92 Å². The molecule has 5 heteroatoms. The zero-order valence-electron chi connectivity index (χ0n) is 19.8. The zero-order chi connectivity index (χ0) is 22.2. The summed E-state index contributed by atoms with van der Waals surface area (Å²) in [7, 11) is 1.92. The number of rotatable bonds is 8. The molecule has 1 aromatic rings. The van der Waals surface area contributed by atoms with Crippen LogP contribution in [0.4, 0.5) is 0 Å². The summed E-state index contributed by atoms with van der Waals surface area (Å²) in [6.45, 7) is 9.22. The molecule has 2 fully saturated rings. The minimum absolute atomic E-state index is 0.122. The molecule has 0 saturated carbocycles. The number of aryl methyl sites for hydroxylation is 2. The van der Waals surface area contributed by atoms with E-state index in [0.717, 1.165) is 64.8 Å². The first-order chi connectivity index (χ1) is 15.0. The molecular formula is C26H41N3O2. The highest BCUT2D eigenvalue weighted by Crippen LogP contribution is 2.23. The van der Waals surface area contributed by atoms with Crippen LogP contribution in [0, 0.1) is 12.8 Å². The molecule has 0 N–H and O–H groups in total. The van der Waals surface area contributed by atoms with Crippen molar-refractivity contribution in [1.82, 2.24) is 14.7 Å². The van der Waals surface area contributed by atoms with Gasteiger partial charge in [0.15, 0.2) is 0 Å². The molecule has 0 bridgehead atoms. The lowest BCUT2D eigenvalue weighted by Gasteiger charge is -2.36. The normalized spacial score (nSPS) is 18.9. The Morgan fingerprint density at radius 2 is 1.61 bits per heavy atom. The topological polar surface area (TPSA) is 43.9 Å². The van der Waals surface area contributed by atoms with Crippen LogP contribution in [-0.4, -0.2) is 72.3 Å². The van der Waals surface area contributed by atoms with Crippen molar-refractivity contribution in [3.63, 3.8) is 0 Å². The second-order valence-corrected chi connectivity index (χ2v) is 9.52. The Kier molecular flexibility index (Phi) is 8.94. The number of piperidine rings is 2. The van der Waals surface area contributed by atoms with E-state index in [2.05, 4.69) is 43.0 Å². The first-order valence-electron chi connectivity index (χ1n) is 12.3. The molecule has 0 aromatic heterocycles. The molecule has 2 amide bonds. The van der Waals surface area contributed by atoms with Gasteiger partial charge in [-0.1, -0.05) is 36.8 Å². The number of carbonyl (C=O) groups excluding carboxylic acids is 2. The molecule has 2 aliphatic rings. The van der Waals surface area contributed by atoms with Crippen molar-refractivity contribution < 1.29 is 9.59 Å². The third-order valence-electron chi connectivity index (χ3n) is 7.43. The maximum Gasteiger partial charge on any atom is 0.223 e. The average molecular weight is 428 g/mol. The van der Waals surface area contributed by atoms with E-state index in [-0.39, 0.29) is 11.8 Å². The number of hydrogen-bond acceptors (Lipinski definition) is 3. The van der Waals surface area contributed by atoms with Crippen LogP contribution < -0.4 is 0 Å². The molecule has 1 aromatic carbocycles. The van der Waals surface area contributed by atoms with E-state index in [1.165, 1.54) is 17.5 Å². The molecule has 5 nitrogen and oxygen atoms in total. The second kappa shape index (κ2) is 11.7. The van der Waals surface area contributed by atoms with Gasteiger partial charge in [-0.3, -0.25) is 9.59 Å². The van der Waals surface area contributed by atoms with Gasteiger partial charge in [0.25, 0.3) is 0 Å². The molecule has 31 heavy (non-hydrogen) atoms. The van der Waals surface area contributed by atoms with Crippen LogP contribution in [0.15, 0.2) is 24.3 Å². The third-order valence-corrected chi connectivity index (χ3v) is 7.43. The maximum absolute atomic E-state index is 12.6. The van der Waals surface area contributed by atoms with Crippen LogP contribution in [-0.2, 0) is 16.0 Å². The number of likely N-dealkylation sites (tertiary alicyclic amines) is 2. The largest absolute Gasteiger partial charge is 0.343 e. The first-order valence-corrected chi connectivity index (χ1v) is 12.3. The number of benzene rings is 1. The molecule has 172 valence electrons. The molecule has 2 aliphatic heterocycles. The number of hydrogen-bond donors (Lipinski definition) is 0. The molecule has 0 unspecified atom stereocenters. The van der Waals surface area contributed by atoms with Crippen LogP contribution in [0.2, 0.25) is 0 Å². The van der Waals surface area contributed by atoms with Crippen molar-refractivity contribution >= 4 is 11.8 Å². The van der Waals surface area contributed by atoms with E-state index in [4.69, 9.17) is 0 Å². The average Bonchev–Trinajstić information content (AvgIpc) is 2.82. The van der Waals surface area contributed by atoms with Crippen molar-refractivity contribution in [2.45, 2.75) is 71.3 Å². The molecular weight excluding hydrogens is 386 g/mol. The first kappa shape index (κ1) is 23.8. The van der Waals surface area contributed by atoms with Gasteiger partial charge < -0.3 is 14.7 Å². The Labute approximate surface area is 188 Å². The van der Waals surface area contributed by atoms with E-state index in [9.17, 15) is 9.59 Å². The summed E-state index contributed by atoms with van der Waals surface area (Å²) in [5.41, 5.74) is 2.72. The highest BCUT2D eigenvalue weighted by atomic mass is 16.2. The van der Waals surface area contributed by atoms with Crippen LogP contribution in [0.3, 0.4) is 0 Å². The number of carbonyl (C=O) groups is 2. The lowest BCUT2D eigenvalue weighted by Crippen LogP contribution is -2.45. The third kappa shape index (κ3) is 7.06. The molecule has 0 spiro atoms. The van der Waals surface area contributed by atoms with Gasteiger partial charge in [0.05, 0.1) is 0 Å². The standard InChI is InChI=1S/C26H41N3O2/c1-4-28-17-15-24(16-18-28)27(3)25(30)11-12-26(31)29-19-13-23(14-20-29)10-9-22-7-5-21(2)6-8-22/h5-8,23-24H,4,9-20H2,1-3H3. The van der Waals surface area contributed by atoms with Crippen molar-refractivity contribution in [1.29, 1.82) is 0 Å².